The number of rotatable bonds is 6. The zero-order valence-corrected chi connectivity index (χ0v) is 18.4. The number of esters is 1. The molecule has 0 radical (unpaired) electrons. The molecule has 0 aromatic heterocycles. The number of amides is 3. The summed E-state index contributed by atoms with van der Waals surface area (Å²) in [4.78, 5) is 44.4. The summed E-state index contributed by atoms with van der Waals surface area (Å²) < 4.78 is 5.52. The number of imide groups is 1. The number of hydrogen-bond donors (Lipinski definition) is 1. The van der Waals surface area contributed by atoms with Crippen molar-refractivity contribution < 1.29 is 19.1 Å². The number of likely N-dealkylation sites (N-methyl/N-ethyl adjacent to an activating group) is 1. The number of carbonyl (C=O) groups excluding carboxylic acids is 3. The molecule has 2 heterocycles. The van der Waals surface area contributed by atoms with E-state index in [1.165, 1.54) is 0 Å². The lowest BCUT2D eigenvalue weighted by atomic mass is 9.82. The quantitative estimate of drug-likeness (QED) is 0.548. The molecule has 3 amide bonds. The fourth-order valence-corrected chi connectivity index (χ4v) is 4.28. The molecule has 168 valence electrons. The molecule has 4 rings (SSSR count). The first-order valence-corrected chi connectivity index (χ1v) is 10.8. The summed E-state index contributed by atoms with van der Waals surface area (Å²) in [6.07, 6.45) is -1.03. The lowest BCUT2D eigenvalue weighted by molar-refractivity contribution is -0.160. The predicted octanol–water partition coefficient (Wildman–Crippen LogP) is 1.62. The summed E-state index contributed by atoms with van der Waals surface area (Å²) >= 11 is 0. The highest BCUT2D eigenvalue weighted by Gasteiger charge is 2.55. The number of piperazine rings is 1. The first-order chi connectivity index (χ1) is 15.4. The standard InChI is InChI=1S/C24H28N4O4/c1-18(32-21(29)17-27-15-13-26(2)14-16-27)28-22(30)24(25-23(28)31,19-9-5-3-6-10-19)20-11-7-4-8-12-20/h3-12,18H,13-17H2,1-2H3,(H,25,31). The van der Waals surface area contributed by atoms with Crippen molar-refractivity contribution in [1.29, 1.82) is 0 Å². The molecule has 0 spiro atoms. The minimum atomic E-state index is -1.38. The molecule has 32 heavy (non-hydrogen) atoms. The third-order valence-electron chi connectivity index (χ3n) is 6.08. The molecular weight excluding hydrogens is 408 g/mol. The van der Waals surface area contributed by atoms with Gasteiger partial charge in [-0.2, -0.15) is 0 Å². The van der Waals surface area contributed by atoms with Crippen LogP contribution in [0.1, 0.15) is 18.1 Å². The van der Waals surface area contributed by atoms with Gasteiger partial charge in [0.1, 0.15) is 0 Å². The second-order valence-corrected chi connectivity index (χ2v) is 8.26. The molecule has 2 aromatic carbocycles. The Balaban J connectivity index is 1.54. The van der Waals surface area contributed by atoms with Crippen LogP contribution in [0, 0.1) is 0 Å². The van der Waals surface area contributed by atoms with Gasteiger partial charge in [-0.1, -0.05) is 60.7 Å². The average molecular weight is 437 g/mol. The van der Waals surface area contributed by atoms with Gasteiger partial charge in [0, 0.05) is 26.2 Å². The Morgan fingerprint density at radius 1 is 0.969 bits per heavy atom. The smallest absolute Gasteiger partial charge is 0.328 e. The first-order valence-electron chi connectivity index (χ1n) is 10.8. The summed E-state index contributed by atoms with van der Waals surface area (Å²) in [5.41, 5.74) is -0.0939. The fraction of sp³-hybridized carbons (Fsp3) is 0.375. The topological polar surface area (TPSA) is 82.2 Å². The monoisotopic (exact) mass is 436 g/mol. The largest absolute Gasteiger partial charge is 0.440 e. The van der Waals surface area contributed by atoms with E-state index in [1.807, 2.05) is 48.3 Å². The minimum Gasteiger partial charge on any atom is -0.440 e. The maximum Gasteiger partial charge on any atom is 0.328 e. The Kier molecular flexibility index (Phi) is 6.25. The molecule has 1 N–H and O–H groups in total. The van der Waals surface area contributed by atoms with E-state index in [0.717, 1.165) is 31.1 Å². The highest BCUT2D eigenvalue weighted by molar-refractivity contribution is 6.09. The number of nitrogens with zero attached hydrogens (tertiary/aromatic N) is 3. The van der Waals surface area contributed by atoms with Crippen LogP contribution in [0.2, 0.25) is 0 Å². The molecule has 2 aromatic rings. The van der Waals surface area contributed by atoms with Crippen molar-refractivity contribution in [3.63, 3.8) is 0 Å². The lowest BCUT2D eigenvalue weighted by Crippen LogP contribution is -2.48. The van der Waals surface area contributed by atoms with Gasteiger partial charge in [-0.05, 0) is 25.1 Å². The van der Waals surface area contributed by atoms with Crippen LogP contribution in [-0.2, 0) is 19.9 Å². The van der Waals surface area contributed by atoms with Crippen molar-refractivity contribution in [2.24, 2.45) is 0 Å². The summed E-state index contributed by atoms with van der Waals surface area (Å²) in [6.45, 7) is 4.98. The van der Waals surface area contributed by atoms with E-state index in [0.29, 0.717) is 11.1 Å². The van der Waals surface area contributed by atoms with Gasteiger partial charge in [0.2, 0.25) is 0 Å². The second kappa shape index (κ2) is 9.10. The molecule has 2 saturated heterocycles. The van der Waals surface area contributed by atoms with Crippen molar-refractivity contribution in [3.8, 4) is 0 Å². The van der Waals surface area contributed by atoms with Crippen LogP contribution in [0.4, 0.5) is 4.79 Å². The van der Waals surface area contributed by atoms with Crippen molar-refractivity contribution >= 4 is 17.9 Å². The fourth-order valence-electron chi connectivity index (χ4n) is 4.28. The van der Waals surface area contributed by atoms with Gasteiger partial charge in [-0.15, -0.1) is 0 Å². The minimum absolute atomic E-state index is 0.129. The Hall–Kier alpha value is -3.23. The average Bonchev–Trinajstić information content (AvgIpc) is 3.07. The molecule has 0 bridgehead atoms. The van der Waals surface area contributed by atoms with E-state index in [9.17, 15) is 14.4 Å². The third kappa shape index (κ3) is 4.11. The van der Waals surface area contributed by atoms with Crippen molar-refractivity contribution in [3.05, 3.63) is 71.8 Å². The lowest BCUT2D eigenvalue weighted by Gasteiger charge is -2.32. The number of carbonyl (C=O) groups is 3. The van der Waals surface area contributed by atoms with Crippen LogP contribution in [0.25, 0.3) is 0 Å². The number of hydrogen-bond acceptors (Lipinski definition) is 6. The predicted molar refractivity (Wildman–Crippen MR) is 119 cm³/mol. The van der Waals surface area contributed by atoms with Crippen LogP contribution in [0.3, 0.4) is 0 Å². The molecule has 2 fully saturated rings. The Morgan fingerprint density at radius 2 is 1.50 bits per heavy atom. The third-order valence-corrected chi connectivity index (χ3v) is 6.08. The number of ether oxygens (including phenoxy) is 1. The first kappa shape index (κ1) is 22.0. The number of urea groups is 1. The normalized spacial score (nSPS) is 20.1. The summed E-state index contributed by atoms with van der Waals surface area (Å²) in [5.74, 6) is -0.931. The molecule has 1 atom stereocenters. The van der Waals surface area contributed by atoms with Crippen LogP contribution < -0.4 is 5.32 Å². The molecule has 0 aliphatic carbocycles. The number of benzene rings is 2. The van der Waals surface area contributed by atoms with E-state index in [-0.39, 0.29) is 6.54 Å². The number of nitrogens with one attached hydrogen (secondary N) is 1. The van der Waals surface area contributed by atoms with Gasteiger partial charge >= 0.3 is 12.0 Å². The highest BCUT2D eigenvalue weighted by Crippen LogP contribution is 2.36. The van der Waals surface area contributed by atoms with Gasteiger partial charge in [0.25, 0.3) is 5.91 Å². The van der Waals surface area contributed by atoms with Crippen molar-refractivity contribution in [2.45, 2.75) is 18.7 Å². The maximum absolute atomic E-state index is 13.7. The summed E-state index contributed by atoms with van der Waals surface area (Å²) in [5, 5.41) is 2.87. The van der Waals surface area contributed by atoms with Gasteiger partial charge in [-0.25, -0.2) is 9.69 Å². The summed E-state index contributed by atoms with van der Waals surface area (Å²) in [6, 6.07) is 17.6. The van der Waals surface area contributed by atoms with Crippen LogP contribution in [0.15, 0.2) is 60.7 Å². The Labute approximate surface area is 187 Å². The summed E-state index contributed by atoms with van der Waals surface area (Å²) in [7, 11) is 2.04. The Bertz CT molecular complexity index is 935. The van der Waals surface area contributed by atoms with Gasteiger partial charge in [-0.3, -0.25) is 14.5 Å². The Morgan fingerprint density at radius 3 is 2.03 bits per heavy atom. The van der Waals surface area contributed by atoms with Gasteiger partial charge in [0.15, 0.2) is 11.8 Å². The van der Waals surface area contributed by atoms with Crippen LogP contribution in [0.5, 0.6) is 0 Å². The van der Waals surface area contributed by atoms with Crippen molar-refractivity contribution in [2.75, 3.05) is 39.8 Å². The SMILES string of the molecule is CC(OC(=O)CN1CCN(C)CC1)N1C(=O)NC(c2ccccc2)(c2ccccc2)C1=O. The van der Waals surface area contributed by atoms with E-state index < -0.39 is 29.7 Å². The zero-order chi connectivity index (χ0) is 22.7. The van der Waals surface area contributed by atoms with Crippen LogP contribution >= 0.6 is 0 Å². The van der Waals surface area contributed by atoms with Gasteiger partial charge in [0.05, 0.1) is 6.54 Å². The molecule has 1 unspecified atom stereocenters. The second-order valence-electron chi connectivity index (χ2n) is 8.26. The van der Waals surface area contributed by atoms with Crippen molar-refractivity contribution in [1.82, 2.24) is 20.0 Å². The maximum atomic E-state index is 13.7. The molecule has 8 heteroatoms. The van der Waals surface area contributed by atoms with E-state index in [2.05, 4.69) is 10.2 Å². The van der Waals surface area contributed by atoms with E-state index in [1.54, 1.807) is 31.2 Å². The molecule has 0 saturated carbocycles. The van der Waals surface area contributed by atoms with Gasteiger partial charge < -0.3 is 15.0 Å². The molecule has 8 nitrogen and oxygen atoms in total. The zero-order valence-electron chi connectivity index (χ0n) is 18.4. The highest BCUT2D eigenvalue weighted by atomic mass is 16.6. The van der Waals surface area contributed by atoms with Crippen LogP contribution in [-0.4, -0.2) is 78.6 Å². The molecular formula is C24H28N4O4. The van der Waals surface area contributed by atoms with E-state index in [4.69, 9.17) is 4.74 Å². The molecule has 2 aliphatic heterocycles. The van der Waals surface area contributed by atoms with E-state index >= 15 is 0 Å². The molecule has 2 aliphatic rings.